The van der Waals surface area contributed by atoms with Gasteiger partial charge in [0, 0.05) is 18.4 Å². The maximum absolute atomic E-state index is 11.6. The molecule has 0 spiro atoms. The number of nitriles is 1. The molecular weight excluding hydrogens is 178 g/mol. The van der Waals surface area contributed by atoms with Crippen LogP contribution >= 0.6 is 0 Å². The van der Waals surface area contributed by atoms with Crippen molar-refractivity contribution in [1.29, 1.82) is 5.26 Å². The second kappa shape index (κ2) is 3.97. The van der Waals surface area contributed by atoms with E-state index < -0.39 is 0 Å². The highest BCUT2D eigenvalue weighted by atomic mass is 16.1. The molecule has 0 bridgehead atoms. The monoisotopic (exact) mass is 191 g/mol. The predicted octanol–water partition coefficient (Wildman–Crippen LogP) is 0.958. The van der Waals surface area contributed by atoms with Crippen molar-refractivity contribution in [2.45, 2.75) is 20.4 Å². The maximum Gasteiger partial charge on any atom is 0.268 e. The molecule has 4 nitrogen and oxygen atoms in total. The Kier molecular flexibility index (Phi) is 2.92. The van der Waals surface area contributed by atoms with Crippen molar-refractivity contribution in [3.05, 3.63) is 28.2 Å². The maximum atomic E-state index is 11.6. The van der Waals surface area contributed by atoms with E-state index in [1.165, 1.54) is 10.6 Å². The van der Waals surface area contributed by atoms with E-state index >= 15 is 0 Å². The van der Waals surface area contributed by atoms with E-state index in [1.807, 2.05) is 19.9 Å². The number of hydrogen-bond donors (Lipinski definition) is 1. The minimum absolute atomic E-state index is 0.102. The molecule has 0 aliphatic heterocycles. The summed E-state index contributed by atoms with van der Waals surface area (Å²) < 4.78 is 1.48. The van der Waals surface area contributed by atoms with Gasteiger partial charge in [-0.3, -0.25) is 4.79 Å². The first-order valence-electron chi connectivity index (χ1n) is 4.44. The molecule has 0 fully saturated rings. The molecule has 1 heterocycles. The fraction of sp³-hybridized carbons (Fsp3) is 0.400. The van der Waals surface area contributed by atoms with Crippen molar-refractivity contribution in [3.63, 3.8) is 0 Å². The van der Waals surface area contributed by atoms with Gasteiger partial charge in [-0.25, -0.2) is 0 Å². The molecule has 14 heavy (non-hydrogen) atoms. The molecule has 0 saturated carbocycles. The van der Waals surface area contributed by atoms with Crippen LogP contribution in [0.5, 0.6) is 0 Å². The summed E-state index contributed by atoms with van der Waals surface area (Å²) in [4.78, 5) is 11.6. The average molecular weight is 191 g/mol. The summed E-state index contributed by atoms with van der Waals surface area (Å²) in [5, 5.41) is 8.68. The number of pyridine rings is 1. The van der Waals surface area contributed by atoms with Gasteiger partial charge in [-0.1, -0.05) is 13.8 Å². The van der Waals surface area contributed by atoms with E-state index in [2.05, 4.69) is 0 Å². The lowest BCUT2D eigenvalue weighted by atomic mass is 10.2. The number of aromatic nitrogens is 1. The summed E-state index contributed by atoms with van der Waals surface area (Å²) in [5.74, 6) is 0.348. The van der Waals surface area contributed by atoms with E-state index in [9.17, 15) is 4.79 Å². The zero-order valence-electron chi connectivity index (χ0n) is 8.32. The molecule has 0 aromatic carbocycles. The number of nitrogens with two attached hydrogens (primary N) is 1. The fourth-order valence-electron chi connectivity index (χ4n) is 1.27. The van der Waals surface area contributed by atoms with E-state index in [1.54, 1.807) is 6.20 Å². The number of anilines is 1. The summed E-state index contributed by atoms with van der Waals surface area (Å²) in [7, 11) is 0. The highest BCUT2D eigenvalue weighted by Gasteiger charge is 2.05. The molecule has 1 aromatic heterocycles. The Labute approximate surface area is 82.6 Å². The smallest absolute Gasteiger partial charge is 0.268 e. The van der Waals surface area contributed by atoms with Gasteiger partial charge in [0.1, 0.15) is 11.6 Å². The number of hydrogen-bond acceptors (Lipinski definition) is 3. The highest BCUT2D eigenvalue weighted by Crippen LogP contribution is 2.03. The van der Waals surface area contributed by atoms with E-state index in [-0.39, 0.29) is 11.1 Å². The van der Waals surface area contributed by atoms with Crippen molar-refractivity contribution >= 4 is 5.69 Å². The Hall–Kier alpha value is -1.76. The molecule has 0 atom stereocenters. The Morgan fingerprint density at radius 2 is 2.29 bits per heavy atom. The van der Waals surface area contributed by atoms with Crippen LogP contribution in [-0.4, -0.2) is 4.57 Å². The van der Waals surface area contributed by atoms with Crippen LogP contribution in [0.3, 0.4) is 0 Å². The molecule has 1 rings (SSSR count). The lowest BCUT2D eigenvalue weighted by Gasteiger charge is -2.09. The third kappa shape index (κ3) is 2.13. The number of nitrogen functional groups attached to an aromatic ring is 1. The second-order valence-corrected chi connectivity index (χ2v) is 3.65. The Morgan fingerprint density at radius 1 is 1.64 bits per heavy atom. The molecule has 4 heteroatoms. The van der Waals surface area contributed by atoms with Crippen LogP contribution in [0.2, 0.25) is 0 Å². The zero-order valence-corrected chi connectivity index (χ0v) is 8.32. The number of nitrogens with zero attached hydrogens (tertiary/aromatic N) is 2. The topological polar surface area (TPSA) is 71.8 Å². The molecule has 0 saturated heterocycles. The SMILES string of the molecule is CC(C)Cn1cc(N)cc(C#N)c1=O. The quantitative estimate of drug-likeness (QED) is 0.756. The minimum atomic E-state index is -0.268. The normalized spacial score (nSPS) is 10.1. The van der Waals surface area contributed by atoms with Gasteiger partial charge < -0.3 is 10.3 Å². The Balaban J connectivity index is 3.24. The van der Waals surface area contributed by atoms with E-state index in [4.69, 9.17) is 11.0 Å². The predicted molar refractivity (Wildman–Crippen MR) is 54.7 cm³/mol. The van der Waals surface area contributed by atoms with Gasteiger partial charge in [-0.05, 0) is 12.0 Å². The van der Waals surface area contributed by atoms with Crippen LogP contribution in [0.1, 0.15) is 19.4 Å². The fourth-order valence-corrected chi connectivity index (χ4v) is 1.27. The number of rotatable bonds is 2. The first kappa shape index (κ1) is 10.3. The van der Waals surface area contributed by atoms with E-state index in [0.29, 0.717) is 18.2 Å². The zero-order chi connectivity index (χ0) is 10.7. The largest absolute Gasteiger partial charge is 0.398 e. The standard InChI is InChI=1S/C10H13N3O/c1-7(2)5-13-6-9(12)3-8(4-11)10(13)14/h3,6-7H,5,12H2,1-2H3. The van der Waals surface area contributed by atoms with Gasteiger partial charge in [0.25, 0.3) is 5.56 Å². The third-order valence-corrected chi connectivity index (χ3v) is 1.79. The minimum Gasteiger partial charge on any atom is -0.398 e. The third-order valence-electron chi connectivity index (χ3n) is 1.79. The van der Waals surface area contributed by atoms with Crippen LogP contribution in [-0.2, 0) is 6.54 Å². The summed E-state index contributed by atoms with van der Waals surface area (Å²) >= 11 is 0. The van der Waals surface area contributed by atoms with Crippen molar-refractivity contribution in [2.75, 3.05) is 5.73 Å². The highest BCUT2D eigenvalue weighted by molar-refractivity contribution is 5.42. The molecule has 1 aromatic rings. The second-order valence-electron chi connectivity index (χ2n) is 3.65. The van der Waals surface area contributed by atoms with Gasteiger partial charge in [-0.15, -0.1) is 0 Å². The van der Waals surface area contributed by atoms with Gasteiger partial charge >= 0.3 is 0 Å². The van der Waals surface area contributed by atoms with Crippen molar-refractivity contribution in [3.8, 4) is 6.07 Å². The van der Waals surface area contributed by atoms with Crippen molar-refractivity contribution < 1.29 is 0 Å². The first-order valence-corrected chi connectivity index (χ1v) is 4.44. The molecule has 2 N–H and O–H groups in total. The van der Waals surface area contributed by atoms with Crippen molar-refractivity contribution in [2.24, 2.45) is 5.92 Å². The van der Waals surface area contributed by atoms with E-state index in [0.717, 1.165) is 0 Å². The molecule has 0 radical (unpaired) electrons. The van der Waals surface area contributed by atoms with Crippen LogP contribution in [0, 0.1) is 17.2 Å². The summed E-state index contributed by atoms with van der Waals surface area (Å²) in [5.41, 5.74) is 5.85. The van der Waals surface area contributed by atoms with Crippen LogP contribution in [0.15, 0.2) is 17.1 Å². The molecule has 74 valence electrons. The lowest BCUT2D eigenvalue weighted by Crippen LogP contribution is -2.24. The average Bonchev–Trinajstić information content (AvgIpc) is 2.09. The van der Waals surface area contributed by atoms with Gasteiger partial charge in [0.15, 0.2) is 0 Å². The van der Waals surface area contributed by atoms with Crippen LogP contribution in [0.4, 0.5) is 5.69 Å². The molecular formula is C10H13N3O. The molecule has 0 amide bonds. The molecule has 0 aliphatic rings. The molecule has 0 unspecified atom stereocenters. The first-order chi connectivity index (χ1) is 6.54. The summed E-state index contributed by atoms with van der Waals surface area (Å²) in [6, 6.07) is 3.24. The Bertz CT molecular complexity index is 426. The van der Waals surface area contributed by atoms with Gasteiger partial charge in [-0.2, -0.15) is 5.26 Å². The molecule has 0 aliphatic carbocycles. The van der Waals surface area contributed by atoms with Crippen LogP contribution in [0.25, 0.3) is 0 Å². The summed E-state index contributed by atoms with van der Waals surface area (Å²) in [6.07, 6.45) is 1.57. The van der Waals surface area contributed by atoms with Gasteiger partial charge in [0.05, 0.1) is 0 Å². The lowest BCUT2D eigenvalue weighted by molar-refractivity contribution is 0.511. The Morgan fingerprint density at radius 3 is 2.79 bits per heavy atom. The van der Waals surface area contributed by atoms with Crippen molar-refractivity contribution in [1.82, 2.24) is 4.57 Å². The van der Waals surface area contributed by atoms with Crippen LogP contribution < -0.4 is 11.3 Å². The van der Waals surface area contributed by atoms with Gasteiger partial charge in [0.2, 0.25) is 0 Å². The summed E-state index contributed by atoms with van der Waals surface area (Å²) in [6.45, 7) is 4.59.